The van der Waals surface area contributed by atoms with Gasteiger partial charge in [-0.2, -0.15) is 21.6 Å². The molecule has 0 bridgehead atoms. The van der Waals surface area contributed by atoms with Crippen molar-refractivity contribution in [2.24, 2.45) is 0 Å². The molecule has 0 fully saturated rings. The number of halogens is 5. The van der Waals surface area contributed by atoms with Gasteiger partial charge in [0, 0.05) is 18.3 Å². The van der Waals surface area contributed by atoms with Crippen molar-refractivity contribution in [2.75, 3.05) is 6.54 Å². The second-order valence-corrected chi connectivity index (χ2v) is 8.38. The summed E-state index contributed by atoms with van der Waals surface area (Å²) in [6.45, 7) is 0.222. The number of aromatic amines is 1. The van der Waals surface area contributed by atoms with Crippen LogP contribution >= 0.6 is 23.2 Å². The van der Waals surface area contributed by atoms with E-state index in [0.29, 0.717) is 22.9 Å². The number of amides is 1. The molecule has 1 heterocycles. The number of aryl methyl sites for hydroxylation is 1. The molecule has 13 heteroatoms. The van der Waals surface area contributed by atoms with E-state index in [-0.39, 0.29) is 12.1 Å². The third-order valence-corrected chi connectivity index (χ3v) is 5.46. The van der Waals surface area contributed by atoms with E-state index < -0.39 is 39.3 Å². The lowest BCUT2D eigenvalue weighted by Gasteiger charge is -2.12. The average Bonchev–Trinajstić information content (AvgIpc) is 2.63. The van der Waals surface area contributed by atoms with Crippen LogP contribution in [0.2, 0.25) is 10.0 Å². The van der Waals surface area contributed by atoms with Crippen LogP contribution in [0.15, 0.2) is 35.3 Å². The Balaban J connectivity index is 1.97. The highest BCUT2D eigenvalue weighted by molar-refractivity contribution is 7.88. The topological polar surface area (TPSA) is 105 Å². The predicted octanol–water partition coefficient (Wildman–Crippen LogP) is 3.20. The van der Waals surface area contributed by atoms with Crippen molar-refractivity contribution in [3.05, 3.63) is 62.0 Å². The zero-order chi connectivity index (χ0) is 22.5. The maximum absolute atomic E-state index is 12.5. The fourth-order valence-electron chi connectivity index (χ4n) is 2.34. The summed E-state index contributed by atoms with van der Waals surface area (Å²) in [5.41, 5.74) is -6.36. The zero-order valence-electron chi connectivity index (χ0n) is 15.1. The van der Waals surface area contributed by atoms with Gasteiger partial charge in [-0.1, -0.05) is 29.3 Å². The average molecular weight is 487 g/mol. The molecule has 164 valence electrons. The second kappa shape index (κ2) is 9.71. The summed E-state index contributed by atoms with van der Waals surface area (Å²) >= 11 is 11.7. The molecular formula is C17H15Cl2F3N2O5S. The van der Waals surface area contributed by atoms with E-state index in [4.69, 9.17) is 23.2 Å². The first-order valence-corrected chi connectivity index (χ1v) is 10.5. The first-order valence-electron chi connectivity index (χ1n) is 8.32. The van der Waals surface area contributed by atoms with Crippen LogP contribution in [0, 0.1) is 0 Å². The molecule has 0 saturated carbocycles. The van der Waals surface area contributed by atoms with E-state index in [1.165, 1.54) is 0 Å². The second-order valence-electron chi connectivity index (χ2n) is 6.02. The number of aromatic nitrogens is 1. The smallest absolute Gasteiger partial charge is 0.370 e. The molecule has 0 aliphatic carbocycles. The van der Waals surface area contributed by atoms with Gasteiger partial charge in [-0.25, -0.2) is 0 Å². The van der Waals surface area contributed by atoms with E-state index in [0.717, 1.165) is 17.8 Å². The number of H-pyrrole nitrogens is 1. The van der Waals surface area contributed by atoms with E-state index in [1.807, 2.05) is 4.98 Å². The van der Waals surface area contributed by atoms with Crippen LogP contribution in [-0.4, -0.2) is 31.4 Å². The molecular weight excluding hydrogens is 472 g/mol. The van der Waals surface area contributed by atoms with Gasteiger partial charge in [-0.05, 0) is 36.6 Å². The summed E-state index contributed by atoms with van der Waals surface area (Å²) in [6.07, 6.45) is 1.59. The summed E-state index contributed by atoms with van der Waals surface area (Å²) in [6, 6.07) is 6.18. The van der Waals surface area contributed by atoms with Crippen LogP contribution < -0.4 is 15.1 Å². The van der Waals surface area contributed by atoms with Crippen LogP contribution in [-0.2, 0) is 27.8 Å². The van der Waals surface area contributed by atoms with Gasteiger partial charge in [-0.15, -0.1) is 0 Å². The fraction of sp³-hybridized carbons (Fsp3) is 0.294. The van der Waals surface area contributed by atoms with Crippen molar-refractivity contribution in [1.82, 2.24) is 10.3 Å². The number of alkyl halides is 3. The van der Waals surface area contributed by atoms with Crippen LogP contribution in [0.4, 0.5) is 13.2 Å². The Bertz CT molecular complexity index is 1090. The van der Waals surface area contributed by atoms with Gasteiger partial charge in [0.05, 0.1) is 16.5 Å². The number of hydrogen-bond acceptors (Lipinski definition) is 5. The lowest BCUT2D eigenvalue weighted by Crippen LogP contribution is -2.31. The van der Waals surface area contributed by atoms with Crippen LogP contribution in [0.5, 0.6) is 5.75 Å². The molecule has 0 saturated heterocycles. The van der Waals surface area contributed by atoms with Crippen molar-refractivity contribution in [1.29, 1.82) is 0 Å². The molecule has 2 N–H and O–H groups in total. The van der Waals surface area contributed by atoms with Gasteiger partial charge >= 0.3 is 15.6 Å². The van der Waals surface area contributed by atoms with Crippen LogP contribution in [0.1, 0.15) is 17.5 Å². The number of nitrogens with one attached hydrogen (secondary N) is 2. The molecule has 7 nitrogen and oxygen atoms in total. The quantitative estimate of drug-likeness (QED) is 0.338. The van der Waals surface area contributed by atoms with Crippen molar-refractivity contribution in [3.63, 3.8) is 0 Å². The number of rotatable bonds is 8. The zero-order valence-corrected chi connectivity index (χ0v) is 17.4. The first kappa shape index (κ1) is 24.0. The normalized spacial score (nSPS) is 11.9. The molecule has 0 spiro atoms. The highest BCUT2D eigenvalue weighted by Gasteiger charge is 2.49. The van der Waals surface area contributed by atoms with Crippen molar-refractivity contribution >= 4 is 39.2 Å². The molecule has 0 aliphatic heterocycles. The van der Waals surface area contributed by atoms with Crippen molar-refractivity contribution in [3.8, 4) is 5.75 Å². The summed E-state index contributed by atoms with van der Waals surface area (Å²) in [5.74, 6) is -1.75. The van der Waals surface area contributed by atoms with Gasteiger partial charge in [-0.3, -0.25) is 9.59 Å². The van der Waals surface area contributed by atoms with Crippen molar-refractivity contribution < 1.29 is 30.6 Å². The Kier molecular flexibility index (Phi) is 7.78. The summed E-state index contributed by atoms with van der Waals surface area (Å²) in [5, 5.41) is 3.34. The van der Waals surface area contributed by atoms with Gasteiger partial charge < -0.3 is 14.5 Å². The molecule has 0 unspecified atom stereocenters. The van der Waals surface area contributed by atoms with E-state index in [2.05, 4.69) is 9.50 Å². The Morgan fingerprint density at radius 3 is 2.50 bits per heavy atom. The summed E-state index contributed by atoms with van der Waals surface area (Å²) in [4.78, 5) is 25.8. The fourth-order valence-corrected chi connectivity index (χ4v) is 3.16. The lowest BCUT2D eigenvalue weighted by atomic mass is 10.1. The molecule has 1 aromatic carbocycles. The number of hydrogen-bond donors (Lipinski definition) is 2. The van der Waals surface area contributed by atoms with Gasteiger partial charge in [0.2, 0.25) is 11.7 Å². The molecule has 1 amide bonds. The number of pyridine rings is 1. The molecule has 0 atom stereocenters. The summed E-state index contributed by atoms with van der Waals surface area (Å²) < 4.78 is 63.9. The number of carbonyl (C=O) groups is 1. The third kappa shape index (κ3) is 6.38. The van der Waals surface area contributed by atoms with E-state index >= 15 is 0 Å². The van der Waals surface area contributed by atoms with Gasteiger partial charge in [0.15, 0.2) is 0 Å². The van der Waals surface area contributed by atoms with E-state index in [9.17, 15) is 31.2 Å². The Labute approximate surface area is 179 Å². The maximum Gasteiger partial charge on any atom is 0.534 e. The monoisotopic (exact) mass is 486 g/mol. The maximum atomic E-state index is 12.5. The first-order chi connectivity index (χ1) is 13.9. The number of carbonyl (C=O) groups excluding carboxylic acids is 1. The highest BCUT2D eigenvalue weighted by atomic mass is 35.5. The summed E-state index contributed by atoms with van der Waals surface area (Å²) in [7, 11) is -6.06. The Morgan fingerprint density at radius 1 is 1.17 bits per heavy atom. The Morgan fingerprint density at radius 2 is 1.87 bits per heavy atom. The van der Waals surface area contributed by atoms with Gasteiger partial charge in [0.1, 0.15) is 0 Å². The standard InChI is InChI=1S/C17H15Cl2F3N2O5S/c18-12-4-3-10(8-13(12)19)2-1-6-23-14(25)9-11-5-7-24-16(26)15(11)29-30(27,28)17(20,21)22/h3-5,7-8H,1-2,6,9H2,(H,23,25)(H,24,26). The van der Waals surface area contributed by atoms with E-state index in [1.54, 1.807) is 18.2 Å². The molecule has 2 aromatic rings. The minimum absolute atomic E-state index is 0.222. The predicted molar refractivity (Wildman–Crippen MR) is 104 cm³/mol. The highest BCUT2D eigenvalue weighted by Crippen LogP contribution is 2.27. The Hall–Kier alpha value is -2.24. The largest absolute Gasteiger partial charge is 0.534 e. The number of benzene rings is 1. The minimum atomic E-state index is -6.06. The molecule has 2 rings (SSSR count). The minimum Gasteiger partial charge on any atom is -0.370 e. The molecule has 1 aromatic heterocycles. The lowest BCUT2D eigenvalue weighted by molar-refractivity contribution is -0.120. The molecule has 30 heavy (non-hydrogen) atoms. The van der Waals surface area contributed by atoms with Crippen molar-refractivity contribution in [2.45, 2.75) is 24.8 Å². The van der Waals surface area contributed by atoms with Crippen LogP contribution in [0.25, 0.3) is 0 Å². The molecule has 0 radical (unpaired) electrons. The molecule has 0 aliphatic rings. The third-order valence-electron chi connectivity index (χ3n) is 3.77. The SMILES string of the molecule is O=C(Cc1cc[nH]c(=O)c1OS(=O)(=O)C(F)(F)F)NCCCc1ccc(Cl)c(Cl)c1. The van der Waals surface area contributed by atoms with Crippen LogP contribution in [0.3, 0.4) is 0 Å². The van der Waals surface area contributed by atoms with Gasteiger partial charge in [0.25, 0.3) is 5.56 Å².